The summed E-state index contributed by atoms with van der Waals surface area (Å²) in [4.78, 5) is 0. The van der Waals surface area contributed by atoms with Crippen LogP contribution in [-0.2, 0) is 6.42 Å². The maximum Gasteiger partial charge on any atom is 0.201 e. The quantitative estimate of drug-likeness (QED) is 0.207. The molecule has 7 heteroatoms. The van der Waals surface area contributed by atoms with Crippen molar-refractivity contribution in [3.8, 4) is 16.9 Å². The molecule has 3 aromatic carbocycles. The Labute approximate surface area is 219 Å². The molecule has 1 saturated carbocycles. The Balaban J connectivity index is 1.50. The number of aryl methyl sites for hydroxylation is 1. The molecule has 0 bridgehead atoms. The fourth-order valence-corrected chi connectivity index (χ4v) is 5.33. The minimum Gasteiger partial charge on any atom is -0.491 e. The van der Waals surface area contributed by atoms with Crippen LogP contribution in [0, 0.1) is 34.9 Å². The third kappa shape index (κ3) is 5.47. The summed E-state index contributed by atoms with van der Waals surface area (Å²) in [5, 5.41) is 0. The van der Waals surface area contributed by atoms with Gasteiger partial charge in [-0.2, -0.15) is 4.39 Å². The second-order valence-corrected chi connectivity index (χ2v) is 9.60. The third-order valence-electron chi connectivity index (χ3n) is 7.36. The fourth-order valence-electron chi connectivity index (χ4n) is 5.33. The number of benzene rings is 3. The Morgan fingerprint density at radius 1 is 0.684 bits per heavy atom. The van der Waals surface area contributed by atoms with E-state index in [0.717, 1.165) is 6.07 Å². The summed E-state index contributed by atoms with van der Waals surface area (Å²) < 4.78 is 93.6. The highest BCUT2D eigenvalue weighted by Crippen LogP contribution is 2.43. The van der Waals surface area contributed by atoms with Crippen molar-refractivity contribution in [2.75, 3.05) is 6.61 Å². The zero-order valence-corrected chi connectivity index (χ0v) is 21.4. The van der Waals surface area contributed by atoms with Gasteiger partial charge in [-0.1, -0.05) is 36.4 Å². The summed E-state index contributed by atoms with van der Waals surface area (Å²) in [6.45, 7) is 3.61. The lowest BCUT2D eigenvalue weighted by Crippen LogP contribution is -2.15. The van der Waals surface area contributed by atoms with Crippen LogP contribution in [0.25, 0.3) is 11.1 Å². The second kappa shape index (κ2) is 12.1. The summed E-state index contributed by atoms with van der Waals surface area (Å²) in [7, 11) is 0. The summed E-state index contributed by atoms with van der Waals surface area (Å²) in [6.07, 6.45) is 6.68. The van der Waals surface area contributed by atoms with Gasteiger partial charge in [0.25, 0.3) is 0 Å². The van der Waals surface area contributed by atoms with E-state index in [4.69, 9.17) is 4.74 Å². The van der Waals surface area contributed by atoms with Gasteiger partial charge in [-0.25, -0.2) is 22.0 Å². The van der Waals surface area contributed by atoms with Crippen LogP contribution in [0.5, 0.6) is 5.75 Å². The molecule has 202 valence electrons. The van der Waals surface area contributed by atoms with E-state index in [9.17, 15) is 17.6 Å². The van der Waals surface area contributed by atoms with Gasteiger partial charge in [-0.3, -0.25) is 0 Å². The summed E-state index contributed by atoms with van der Waals surface area (Å²) in [6, 6.07) is 8.24. The molecule has 4 rings (SSSR count). The number of allylic oxidation sites excluding steroid dienone is 2. The van der Waals surface area contributed by atoms with E-state index in [1.807, 2.05) is 19.1 Å². The molecule has 0 aromatic heterocycles. The lowest BCUT2D eigenvalue weighted by molar-refractivity contribution is 0.314. The average molecular weight is 533 g/mol. The predicted octanol–water partition coefficient (Wildman–Crippen LogP) is 9.54. The van der Waals surface area contributed by atoms with Crippen LogP contribution in [-0.4, -0.2) is 6.61 Å². The molecule has 0 unspecified atom stereocenters. The van der Waals surface area contributed by atoms with E-state index in [2.05, 4.69) is 0 Å². The number of rotatable bonds is 8. The molecule has 1 aliphatic rings. The first kappa shape index (κ1) is 27.8. The van der Waals surface area contributed by atoms with Crippen LogP contribution in [0.1, 0.15) is 74.5 Å². The largest absolute Gasteiger partial charge is 0.491 e. The first-order valence-corrected chi connectivity index (χ1v) is 12.9. The van der Waals surface area contributed by atoms with Crippen molar-refractivity contribution in [1.29, 1.82) is 0 Å². The van der Waals surface area contributed by atoms with Crippen LogP contribution in [0.15, 0.2) is 48.6 Å². The number of ether oxygens (including phenoxy) is 1. The molecular weight excluding hydrogens is 502 g/mol. The molecule has 0 amide bonds. The maximum absolute atomic E-state index is 15.1. The van der Waals surface area contributed by atoms with Crippen molar-refractivity contribution in [1.82, 2.24) is 0 Å². The highest BCUT2D eigenvalue weighted by Gasteiger charge is 2.30. The van der Waals surface area contributed by atoms with E-state index in [1.165, 1.54) is 18.2 Å². The Hall–Kier alpha value is -3.22. The van der Waals surface area contributed by atoms with Crippen LogP contribution in [0.4, 0.5) is 26.3 Å². The van der Waals surface area contributed by atoms with E-state index in [-0.39, 0.29) is 35.3 Å². The molecule has 3 aromatic rings. The third-order valence-corrected chi connectivity index (χ3v) is 7.36. The van der Waals surface area contributed by atoms with E-state index >= 15 is 8.78 Å². The van der Waals surface area contributed by atoms with Gasteiger partial charge in [0.15, 0.2) is 34.8 Å². The minimum absolute atomic E-state index is 0.124. The molecule has 1 fully saturated rings. The Morgan fingerprint density at radius 3 is 1.79 bits per heavy atom. The van der Waals surface area contributed by atoms with Crippen molar-refractivity contribution in [2.45, 2.75) is 64.2 Å². The van der Waals surface area contributed by atoms with Gasteiger partial charge in [0, 0.05) is 11.1 Å². The Bertz CT molecular complexity index is 1320. The number of halogens is 6. The smallest absolute Gasteiger partial charge is 0.201 e. The predicted molar refractivity (Wildman–Crippen MR) is 136 cm³/mol. The normalized spacial score (nSPS) is 17.8. The molecule has 0 radical (unpaired) electrons. The monoisotopic (exact) mass is 532 g/mol. The molecule has 1 aliphatic carbocycles. The van der Waals surface area contributed by atoms with E-state index in [0.29, 0.717) is 49.7 Å². The molecule has 1 nitrogen and oxygen atoms in total. The second-order valence-electron chi connectivity index (χ2n) is 9.60. The number of hydrogen-bond acceptors (Lipinski definition) is 1. The first-order chi connectivity index (χ1) is 18.3. The van der Waals surface area contributed by atoms with Crippen LogP contribution >= 0.6 is 0 Å². The van der Waals surface area contributed by atoms with Gasteiger partial charge in [0.1, 0.15) is 0 Å². The Morgan fingerprint density at radius 2 is 1.21 bits per heavy atom. The van der Waals surface area contributed by atoms with Crippen LogP contribution < -0.4 is 4.74 Å². The molecule has 0 atom stereocenters. The molecule has 0 spiro atoms. The fraction of sp³-hybridized carbons (Fsp3) is 0.355. The zero-order valence-electron chi connectivity index (χ0n) is 21.4. The standard InChI is InChI=1S/C31H30F6O/c1-3-5-6-7-20-12-13-21(27(33)26(20)32)18-8-10-19(11-9-18)22-14-15-23(29(35)28(22)34)24-16-17-25(38-4-2)31(37)30(24)36/h3,5,12-19H,4,6-11H2,1-2H3. The van der Waals surface area contributed by atoms with Crippen LogP contribution in [0.3, 0.4) is 0 Å². The molecule has 0 saturated heterocycles. The van der Waals surface area contributed by atoms with Gasteiger partial charge in [-0.05, 0) is 93.0 Å². The van der Waals surface area contributed by atoms with E-state index in [1.54, 1.807) is 19.1 Å². The SMILES string of the molecule is CC=CCCc1ccc(C2CCC(c3ccc(-c4ccc(OCC)c(F)c4F)c(F)c3F)CC2)c(F)c1F. The van der Waals surface area contributed by atoms with Gasteiger partial charge in [0.2, 0.25) is 5.82 Å². The number of hydrogen-bond donors (Lipinski definition) is 0. The maximum atomic E-state index is 15.1. The summed E-state index contributed by atoms with van der Waals surface area (Å²) in [5.41, 5.74) is 0.00322. The van der Waals surface area contributed by atoms with Gasteiger partial charge < -0.3 is 4.74 Å². The molecular formula is C31H30F6O. The summed E-state index contributed by atoms with van der Waals surface area (Å²) >= 11 is 0. The van der Waals surface area contributed by atoms with Gasteiger partial charge >= 0.3 is 0 Å². The topological polar surface area (TPSA) is 9.23 Å². The summed E-state index contributed by atoms with van der Waals surface area (Å²) in [5.74, 6) is -7.46. The van der Waals surface area contributed by atoms with Crippen molar-refractivity contribution < 1.29 is 31.1 Å². The van der Waals surface area contributed by atoms with E-state index < -0.39 is 40.5 Å². The van der Waals surface area contributed by atoms with Crippen molar-refractivity contribution in [3.63, 3.8) is 0 Å². The zero-order chi connectivity index (χ0) is 27.4. The highest BCUT2D eigenvalue weighted by molar-refractivity contribution is 5.66. The molecule has 0 heterocycles. The van der Waals surface area contributed by atoms with Gasteiger partial charge in [0.05, 0.1) is 6.61 Å². The minimum atomic E-state index is -1.32. The van der Waals surface area contributed by atoms with Gasteiger partial charge in [-0.15, -0.1) is 0 Å². The highest BCUT2D eigenvalue weighted by atomic mass is 19.2. The average Bonchev–Trinajstić information content (AvgIpc) is 2.92. The molecule has 0 aliphatic heterocycles. The molecule has 38 heavy (non-hydrogen) atoms. The Kier molecular flexibility index (Phi) is 8.85. The van der Waals surface area contributed by atoms with Crippen molar-refractivity contribution in [3.05, 3.63) is 100 Å². The van der Waals surface area contributed by atoms with Crippen LogP contribution in [0.2, 0.25) is 0 Å². The molecule has 0 N–H and O–H groups in total. The van der Waals surface area contributed by atoms with Crippen molar-refractivity contribution in [2.24, 2.45) is 0 Å². The van der Waals surface area contributed by atoms with Crippen molar-refractivity contribution >= 4 is 0 Å². The lowest BCUT2D eigenvalue weighted by Gasteiger charge is -2.30. The first-order valence-electron chi connectivity index (χ1n) is 12.9. The lowest BCUT2D eigenvalue weighted by atomic mass is 9.75.